The van der Waals surface area contributed by atoms with Crippen molar-refractivity contribution in [3.05, 3.63) is 35.6 Å². The van der Waals surface area contributed by atoms with Crippen LogP contribution < -0.4 is 0 Å². The largest absolute Gasteiger partial charge is 0.291 e. The van der Waals surface area contributed by atoms with Gasteiger partial charge in [0.05, 0.1) is 0 Å². The van der Waals surface area contributed by atoms with E-state index in [2.05, 4.69) is 0 Å². The maximum atomic E-state index is 12.3. The molecule has 0 fully saturated rings. The van der Waals surface area contributed by atoms with E-state index in [1.807, 2.05) is 0 Å². The lowest BCUT2D eigenvalue weighted by Crippen LogP contribution is -1.80. The Morgan fingerprint density at radius 3 is 2.55 bits per heavy atom. The van der Waals surface area contributed by atoms with Crippen LogP contribution in [0.3, 0.4) is 0 Å². The van der Waals surface area contributed by atoms with Gasteiger partial charge in [0.2, 0.25) is 0 Å². The van der Waals surface area contributed by atoms with Crippen LogP contribution in [0.4, 0.5) is 4.39 Å². The Kier molecular flexibility index (Phi) is 3.11. The van der Waals surface area contributed by atoms with Gasteiger partial charge in [0.25, 0.3) is 0 Å². The zero-order valence-corrected chi connectivity index (χ0v) is 6.60. The van der Waals surface area contributed by atoms with E-state index in [-0.39, 0.29) is 5.82 Å². The van der Waals surface area contributed by atoms with Crippen LogP contribution >= 0.6 is 11.8 Å². The fourth-order valence-electron chi connectivity index (χ4n) is 0.711. The van der Waals surface area contributed by atoms with Crippen molar-refractivity contribution in [1.29, 1.82) is 0 Å². The Labute approximate surface area is 68.6 Å². The number of hydrogen-bond donors (Lipinski definition) is 0. The first-order chi connectivity index (χ1) is 5.33. The van der Waals surface area contributed by atoms with E-state index in [9.17, 15) is 9.18 Å². The summed E-state index contributed by atoms with van der Waals surface area (Å²) in [6, 6.07) is 6.12. The molecule has 1 rings (SSSR count). The molecule has 58 valence electrons. The molecule has 11 heavy (non-hydrogen) atoms. The molecule has 0 aliphatic heterocycles. The monoisotopic (exact) mass is 170 g/mol. The highest BCUT2D eigenvalue weighted by molar-refractivity contribution is 8.11. The van der Waals surface area contributed by atoms with Gasteiger partial charge in [-0.25, -0.2) is 4.39 Å². The van der Waals surface area contributed by atoms with Gasteiger partial charge in [-0.15, -0.1) is 0 Å². The second kappa shape index (κ2) is 4.13. The highest BCUT2D eigenvalue weighted by atomic mass is 32.2. The Hall–Kier alpha value is -0.830. The van der Waals surface area contributed by atoms with Crippen molar-refractivity contribution in [3.8, 4) is 0 Å². The summed E-state index contributed by atoms with van der Waals surface area (Å²) in [5.74, 6) is 0.369. The molecule has 1 aromatic carbocycles. The average molecular weight is 170 g/mol. The molecule has 0 heterocycles. The van der Waals surface area contributed by atoms with Crippen molar-refractivity contribution in [1.82, 2.24) is 0 Å². The van der Waals surface area contributed by atoms with Gasteiger partial charge in [0.15, 0.2) is 5.62 Å². The van der Waals surface area contributed by atoms with Gasteiger partial charge in [-0.05, 0) is 17.7 Å². The average Bonchev–Trinajstić information content (AvgIpc) is 2.04. The minimum atomic E-state index is -0.246. The molecule has 1 nitrogen and oxygen atoms in total. The Morgan fingerprint density at radius 2 is 2.00 bits per heavy atom. The number of rotatable bonds is 3. The Balaban J connectivity index is 2.58. The van der Waals surface area contributed by atoms with Crippen LogP contribution in [-0.4, -0.2) is 5.62 Å². The third-order valence-corrected chi connectivity index (χ3v) is 1.87. The molecule has 0 bridgehead atoms. The second-order valence-electron chi connectivity index (χ2n) is 2.03. The highest BCUT2D eigenvalue weighted by Gasteiger charge is 1.92. The number of thioether (sulfide) groups is 1. The summed E-state index contributed by atoms with van der Waals surface area (Å²) in [5.41, 5.74) is 1.74. The standard InChI is InChI=1S/C8H7FOS/c9-8-3-1-7(2-4-8)5-11-6-10/h1-4,6H,5H2. The van der Waals surface area contributed by atoms with E-state index in [0.717, 1.165) is 22.9 Å². The predicted octanol–water partition coefficient (Wildman–Crippen LogP) is 2.25. The van der Waals surface area contributed by atoms with Crippen LogP contribution in [0, 0.1) is 5.82 Å². The third kappa shape index (κ3) is 2.72. The first kappa shape index (κ1) is 8.27. The number of hydrogen-bond acceptors (Lipinski definition) is 2. The molecule has 0 aliphatic rings. The SMILES string of the molecule is O=CSCc1ccc(F)cc1. The van der Waals surface area contributed by atoms with E-state index in [4.69, 9.17) is 0 Å². The van der Waals surface area contributed by atoms with E-state index in [1.54, 1.807) is 12.1 Å². The minimum Gasteiger partial charge on any atom is -0.291 e. The first-order valence-corrected chi connectivity index (χ1v) is 4.17. The van der Waals surface area contributed by atoms with Gasteiger partial charge in [0, 0.05) is 5.75 Å². The van der Waals surface area contributed by atoms with Gasteiger partial charge in [-0.3, -0.25) is 4.79 Å². The molecule has 0 N–H and O–H groups in total. The van der Waals surface area contributed by atoms with Crippen molar-refractivity contribution in [2.45, 2.75) is 5.75 Å². The molecule has 1 aromatic rings. The van der Waals surface area contributed by atoms with Gasteiger partial charge in [0.1, 0.15) is 5.82 Å². The van der Waals surface area contributed by atoms with E-state index in [0.29, 0.717) is 5.75 Å². The number of benzene rings is 1. The topological polar surface area (TPSA) is 17.1 Å². The molecule has 3 heteroatoms. The summed E-state index contributed by atoms with van der Waals surface area (Å²) in [6.07, 6.45) is 0. The summed E-state index contributed by atoms with van der Waals surface area (Å²) in [4.78, 5) is 9.93. The summed E-state index contributed by atoms with van der Waals surface area (Å²) < 4.78 is 12.3. The van der Waals surface area contributed by atoms with Crippen molar-refractivity contribution in [2.24, 2.45) is 0 Å². The molecular weight excluding hydrogens is 163 g/mol. The normalized spacial score (nSPS) is 9.55. The van der Waals surface area contributed by atoms with Crippen molar-refractivity contribution in [3.63, 3.8) is 0 Å². The van der Waals surface area contributed by atoms with Gasteiger partial charge in [-0.2, -0.15) is 0 Å². The molecular formula is C8H7FOS. The van der Waals surface area contributed by atoms with Crippen LogP contribution in [0.2, 0.25) is 0 Å². The van der Waals surface area contributed by atoms with Crippen LogP contribution in [0.5, 0.6) is 0 Å². The molecule has 0 aromatic heterocycles. The molecule has 0 saturated carbocycles. The molecule has 0 spiro atoms. The highest BCUT2D eigenvalue weighted by Crippen LogP contribution is 2.09. The van der Waals surface area contributed by atoms with Crippen molar-refractivity contribution >= 4 is 17.4 Å². The number of carbonyl (C=O) groups is 1. The molecule has 0 aliphatic carbocycles. The maximum Gasteiger partial charge on any atom is 0.176 e. The number of carbonyl (C=O) groups excluding carboxylic acids is 1. The maximum absolute atomic E-state index is 12.3. The molecule has 0 amide bonds. The van der Waals surface area contributed by atoms with Gasteiger partial charge in [-0.1, -0.05) is 23.9 Å². The zero-order chi connectivity index (χ0) is 8.10. The fraction of sp³-hybridized carbons (Fsp3) is 0.125. The van der Waals surface area contributed by atoms with E-state index < -0.39 is 0 Å². The van der Waals surface area contributed by atoms with Crippen molar-refractivity contribution < 1.29 is 9.18 Å². The van der Waals surface area contributed by atoms with Crippen LogP contribution in [0.1, 0.15) is 5.56 Å². The predicted molar refractivity (Wildman–Crippen MR) is 44.4 cm³/mol. The summed E-state index contributed by atoms with van der Waals surface area (Å²) in [5, 5.41) is 0. The number of halogens is 1. The Bertz CT molecular complexity index is 232. The summed E-state index contributed by atoms with van der Waals surface area (Å²) in [6.45, 7) is 0. The first-order valence-electron chi connectivity index (χ1n) is 3.12. The fourth-order valence-corrected chi connectivity index (χ4v) is 1.16. The molecule has 0 unspecified atom stereocenters. The summed E-state index contributed by atoms with van der Waals surface area (Å²) >= 11 is 1.16. The van der Waals surface area contributed by atoms with E-state index in [1.165, 1.54) is 12.1 Å². The minimum absolute atomic E-state index is 0.246. The molecule has 0 radical (unpaired) electrons. The van der Waals surface area contributed by atoms with Crippen LogP contribution in [0.15, 0.2) is 24.3 Å². The smallest absolute Gasteiger partial charge is 0.176 e. The van der Waals surface area contributed by atoms with E-state index >= 15 is 0 Å². The quantitative estimate of drug-likeness (QED) is 0.647. The lowest BCUT2D eigenvalue weighted by atomic mass is 10.2. The molecule has 0 atom stereocenters. The zero-order valence-electron chi connectivity index (χ0n) is 5.79. The van der Waals surface area contributed by atoms with Gasteiger partial charge < -0.3 is 0 Å². The van der Waals surface area contributed by atoms with Crippen LogP contribution in [0.25, 0.3) is 0 Å². The third-order valence-electron chi connectivity index (χ3n) is 1.23. The van der Waals surface area contributed by atoms with Gasteiger partial charge >= 0.3 is 0 Å². The molecule has 0 saturated heterocycles. The lowest BCUT2D eigenvalue weighted by molar-refractivity contribution is 0.570. The van der Waals surface area contributed by atoms with Crippen LogP contribution in [-0.2, 0) is 10.5 Å². The second-order valence-corrected chi connectivity index (χ2v) is 2.85. The Morgan fingerprint density at radius 1 is 1.36 bits per heavy atom. The lowest BCUT2D eigenvalue weighted by Gasteiger charge is -1.94. The summed E-state index contributed by atoms with van der Waals surface area (Å²) in [7, 11) is 0. The van der Waals surface area contributed by atoms with Crippen molar-refractivity contribution in [2.75, 3.05) is 0 Å².